The average molecular weight is 433 g/mol. The van der Waals surface area contributed by atoms with Gasteiger partial charge < -0.3 is 19.7 Å². The summed E-state index contributed by atoms with van der Waals surface area (Å²) in [6.45, 7) is 8.36. The first-order valence-corrected chi connectivity index (χ1v) is 10.9. The van der Waals surface area contributed by atoms with Crippen molar-refractivity contribution in [3.63, 3.8) is 0 Å². The fraction of sp³-hybridized carbons (Fsp3) is 0.625. The standard InChI is InChI=1S/C24H32O7/c1-15-4-7-18-23(2,17(15)6-5-16-11-13-30-22(16)29)12-10-19(24(18,3)14-25)31-21(28)9-8-20(26)27/h5,11,13,17-19,25H,1,4,6-10,12,14H2,2-3H3,(H,26,27)/b16-5+/t17?,18-,19+,23-,24-/m0/s1. The van der Waals surface area contributed by atoms with Gasteiger partial charge in [-0.2, -0.15) is 0 Å². The number of ether oxygens (including phenoxy) is 2. The van der Waals surface area contributed by atoms with Gasteiger partial charge in [-0.1, -0.05) is 32.1 Å². The largest absolute Gasteiger partial charge is 0.481 e. The Morgan fingerprint density at radius 2 is 2.06 bits per heavy atom. The summed E-state index contributed by atoms with van der Waals surface area (Å²) in [6.07, 6.45) is 7.74. The van der Waals surface area contributed by atoms with E-state index in [9.17, 15) is 19.5 Å². The number of carbonyl (C=O) groups excluding carboxylic acids is 2. The summed E-state index contributed by atoms with van der Waals surface area (Å²) in [4.78, 5) is 34.8. The lowest BCUT2D eigenvalue weighted by atomic mass is 9.46. The predicted octanol–water partition coefficient (Wildman–Crippen LogP) is 3.53. The van der Waals surface area contributed by atoms with E-state index in [1.165, 1.54) is 6.26 Å². The minimum atomic E-state index is -1.04. The Bertz CT molecular complexity index is 826. The number of hydrogen-bond donors (Lipinski definition) is 2. The highest BCUT2D eigenvalue weighted by Gasteiger charge is 2.58. The van der Waals surface area contributed by atoms with Gasteiger partial charge in [0.1, 0.15) is 6.10 Å². The van der Waals surface area contributed by atoms with E-state index in [1.807, 2.05) is 13.0 Å². The fourth-order valence-corrected chi connectivity index (χ4v) is 5.94. The molecule has 3 aliphatic rings. The third-order valence-electron chi connectivity index (χ3n) is 7.71. The molecule has 2 N–H and O–H groups in total. The molecule has 3 rings (SSSR count). The lowest BCUT2D eigenvalue weighted by molar-refractivity contribution is -0.187. The second-order valence-electron chi connectivity index (χ2n) is 9.49. The molecule has 0 spiro atoms. The molecule has 0 radical (unpaired) electrons. The van der Waals surface area contributed by atoms with Crippen molar-refractivity contribution >= 4 is 17.9 Å². The third-order valence-corrected chi connectivity index (χ3v) is 7.71. The maximum atomic E-state index is 12.2. The van der Waals surface area contributed by atoms with Gasteiger partial charge in [-0.25, -0.2) is 4.79 Å². The number of carbonyl (C=O) groups is 3. The Labute approximate surface area is 182 Å². The van der Waals surface area contributed by atoms with Crippen molar-refractivity contribution in [1.29, 1.82) is 0 Å². The van der Waals surface area contributed by atoms with Crippen molar-refractivity contribution in [3.8, 4) is 0 Å². The van der Waals surface area contributed by atoms with E-state index < -0.39 is 23.5 Å². The van der Waals surface area contributed by atoms with Gasteiger partial charge >= 0.3 is 17.9 Å². The van der Waals surface area contributed by atoms with Crippen LogP contribution < -0.4 is 0 Å². The number of aliphatic hydroxyl groups excluding tert-OH is 1. The first-order valence-electron chi connectivity index (χ1n) is 10.9. The summed E-state index contributed by atoms with van der Waals surface area (Å²) < 4.78 is 10.6. The number of carboxylic acid groups (broad SMARTS) is 1. The van der Waals surface area contributed by atoms with Crippen molar-refractivity contribution < 1.29 is 34.1 Å². The van der Waals surface area contributed by atoms with Crippen LogP contribution in [0.4, 0.5) is 0 Å². The van der Waals surface area contributed by atoms with E-state index in [0.29, 0.717) is 18.4 Å². The van der Waals surface area contributed by atoms with Crippen LogP contribution in [-0.4, -0.2) is 40.8 Å². The van der Waals surface area contributed by atoms with Crippen molar-refractivity contribution in [3.05, 3.63) is 36.1 Å². The highest BCUT2D eigenvalue weighted by Crippen LogP contribution is 2.62. The number of aliphatic hydroxyl groups is 1. The molecule has 1 aliphatic heterocycles. The normalized spacial score (nSPS) is 36.2. The highest BCUT2D eigenvalue weighted by atomic mass is 16.5. The minimum Gasteiger partial charge on any atom is -0.481 e. The maximum Gasteiger partial charge on any atom is 0.342 e. The summed E-state index contributed by atoms with van der Waals surface area (Å²) in [5.41, 5.74) is 0.886. The molecule has 7 heteroatoms. The van der Waals surface area contributed by atoms with Crippen LogP contribution in [-0.2, 0) is 23.9 Å². The second-order valence-corrected chi connectivity index (χ2v) is 9.49. The zero-order chi connectivity index (χ0) is 22.8. The van der Waals surface area contributed by atoms with Crippen LogP contribution >= 0.6 is 0 Å². The molecule has 1 unspecified atom stereocenters. The number of rotatable bonds is 7. The number of carboxylic acids is 1. The Kier molecular flexibility index (Phi) is 6.74. The van der Waals surface area contributed by atoms with E-state index in [2.05, 4.69) is 13.5 Å². The van der Waals surface area contributed by atoms with E-state index in [-0.39, 0.29) is 42.7 Å². The molecule has 0 saturated heterocycles. The van der Waals surface area contributed by atoms with E-state index >= 15 is 0 Å². The Morgan fingerprint density at radius 1 is 1.32 bits per heavy atom. The molecule has 2 fully saturated rings. The van der Waals surface area contributed by atoms with Crippen LogP contribution in [0.1, 0.15) is 58.8 Å². The topological polar surface area (TPSA) is 110 Å². The lowest BCUT2D eigenvalue weighted by Crippen LogP contribution is -2.58. The summed E-state index contributed by atoms with van der Waals surface area (Å²) in [7, 11) is 0. The smallest absolute Gasteiger partial charge is 0.342 e. The number of fused-ring (bicyclic) bond motifs is 1. The zero-order valence-corrected chi connectivity index (χ0v) is 18.3. The van der Waals surface area contributed by atoms with Gasteiger partial charge in [-0.05, 0) is 55.4 Å². The Hall–Kier alpha value is -2.41. The second kappa shape index (κ2) is 8.99. The molecule has 170 valence electrons. The van der Waals surface area contributed by atoms with Crippen LogP contribution in [0.25, 0.3) is 0 Å². The minimum absolute atomic E-state index is 0.0935. The number of cyclic esters (lactones) is 1. The molecular formula is C24H32O7. The number of aliphatic carboxylic acids is 1. The number of hydrogen-bond acceptors (Lipinski definition) is 6. The Morgan fingerprint density at radius 3 is 2.68 bits per heavy atom. The van der Waals surface area contributed by atoms with E-state index in [0.717, 1.165) is 24.8 Å². The van der Waals surface area contributed by atoms with Gasteiger partial charge in [-0.15, -0.1) is 0 Å². The quantitative estimate of drug-likeness (QED) is 0.360. The molecule has 2 aliphatic carbocycles. The SMILES string of the molecule is C=C1CC[C@@H]2[C@](C)(CO)[C@H](OC(=O)CCC(=O)O)CC[C@@]2(C)C1C/C=C1\C=COC1=O. The van der Waals surface area contributed by atoms with Crippen LogP contribution in [0.2, 0.25) is 0 Å². The van der Waals surface area contributed by atoms with Gasteiger partial charge in [0.25, 0.3) is 0 Å². The van der Waals surface area contributed by atoms with Crippen LogP contribution in [0.5, 0.6) is 0 Å². The summed E-state index contributed by atoms with van der Waals surface area (Å²) in [5, 5.41) is 19.2. The zero-order valence-electron chi connectivity index (χ0n) is 18.3. The number of allylic oxidation sites excluding steroid dienone is 2. The molecule has 0 aromatic carbocycles. The average Bonchev–Trinajstić information content (AvgIpc) is 3.13. The first kappa shape index (κ1) is 23.3. The molecule has 0 aromatic heterocycles. The van der Waals surface area contributed by atoms with Crippen molar-refractivity contribution in [1.82, 2.24) is 0 Å². The van der Waals surface area contributed by atoms with Crippen LogP contribution in [0.3, 0.4) is 0 Å². The first-order chi connectivity index (χ1) is 14.6. The molecule has 7 nitrogen and oxygen atoms in total. The fourth-order valence-electron chi connectivity index (χ4n) is 5.94. The maximum absolute atomic E-state index is 12.2. The third kappa shape index (κ3) is 4.47. The Balaban J connectivity index is 1.80. The predicted molar refractivity (Wildman–Crippen MR) is 113 cm³/mol. The molecular weight excluding hydrogens is 400 g/mol. The van der Waals surface area contributed by atoms with Gasteiger partial charge in [0.15, 0.2) is 0 Å². The number of esters is 2. The molecule has 1 heterocycles. The molecule has 0 aromatic rings. The molecule has 5 atom stereocenters. The molecule has 2 saturated carbocycles. The van der Waals surface area contributed by atoms with Crippen LogP contribution in [0.15, 0.2) is 36.1 Å². The monoisotopic (exact) mass is 432 g/mol. The van der Waals surface area contributed by atoms with Gasteiger partial charge in [-0.3, -0.25) is 9.59 Å². The molecule has 0 amide bonds. The van der Waals surface area contributed by atoms with Crippen LogP contribution in [0, 0.1) is 22.7 Å². The summed E-state index contributed by atoms with van der Waals surface area (Å²) >= 11 is 0. The molecule has 0 bridgehead atoms. The van der Waals surface area contributed by atoms with Crippen molar-refractivity contribution in [2.45, 2.75) is 64.9 Å². The molecule has 31 heavy (non-hydrogen) atoms. The lowest BCUT2D eigenvalue weighted by Gasteiger charge is -2.60. The summed E-state index contributed by atoms with van der Waals surface area (Å²) in [6, 6.07) is 0. The van der Waals surface area contributed by atoms with Gasteiger partial charge in [0.2, 0.25) is 0 Å². The van der Waals surface area contributed by atoms with Crippen molar-refractivity contribution in [2.24, 2.45) is 22.7 Å². The van der Waals surface area contributed by atoms with Crippen molar-refractivity contribution in [2.75, 3.05) is 6.61 Å². The van der Waals surface area contributed by atoms with Gasteiger partial charge in [0, 0.05) is 5.41 Å². The van der Waals surface area contributed by atoms with E-state index in [4.69, 9.17) is 14.6 Å². The van der Waals surface area contributed by atoms with Gasteiger partial charge in [0.05, 0.1) is 31.3 Å². The highest BCUT2D eigenvalue weighted by molar-refractivity contribution is 5.94. The summed E-state index contributed by atoms with van der Waals surface area (Å²) in [5.74, 6) is -1.70. The van der Waals surface area contributed by atoms with E-state index in [1.54, 1.807) is 6.08 Å².